The molecule has 5 aromatic rings. The number of phenols is 1. The van der Waals surface area contributed by atoms with Gasteiger partial charge in [-0.15, -0.1) is 0 Å². The maximum absolute atomic E-state index is 15.2. The van der Waals surface area contributed by atoms with Gasteiger partial charge in [0.1, 0.15) is 0 Å². The molecule has 0 spiro atoms. The second kappa shape index (κ2) is 13.6. The van der Waals surface area contributed by atoms with Gasteiger partial charge in [0.05, 0.1) is 30.0 Å². The van der Waals surface area contributed by atoms with Crippen LogP contribution in [-0.4, -0.2) is 41.4 Å². The molecule has 4 aliphatic rings. The molecule has 6 atom stereocenters. The van der Waals surface area contributed by atoms with E-state index in [-0.39, 0.29) is 47.6 Å². The van der Waals surface area contributed by atoms with Crippen molar-refractivity contribution < 1.29 is 33.8 Å². The van der Waals surface area contributed by atoms with Crippen LogP contribution in [0.4, 0.5) is 5.69 Å². The van der Waals surface area contributed by atoms with Crippen LogP contribution in [0.1, 0.15) is 51.4 Å². The number of carbonyl (C=O) groups is 5. The van der Waals surface area contributed by atoms with Gasteiger partial charge in [0, 0.05) is 34.1 Å². The SMILES string of the molecule is COc1cccc(C2C3=CCC4C(=O)N(c5ccc(C(=O)c6ccccc6)cc5)C(=O)C4C3CC3C(=O)C(c4ccccc4)=CC(=O)C32c2ccccc2)c1O. The van der Waals surface area contributed by atoms with Crippen molar-refractivity contribution in [1.29, 1.82) is 0 Å². The van der Waals surface area contributed by atoms with Gasteiger partial charge in [0.15, 0.2) is 28.8 Å². The number of imide groups is 1. The highest BCUT2D eigenvalue weighted by Gasteiger charge is 2.66. The summed E-state index contributed by atoms with van der Waals surface area (Å²) in [6.07, 6.45) is 3.78. The molecule has 8 nitrogen and oxygen atoms in total. The topological polar surface area (TPSA) is 118 Å². The second-order valence-corrected chi connectivity index (χ2v) is 14.9. The maximum atomic E-state index is 15.2. The highest BCUT2D eigenvalue weighted by Crippen LogP contribution is 2.65. The third kappa shape index (κ3) is 5.16. The summed E-state index contributed by atoms with van der Waals surface area (Å²) in [5.74, 6) is -5.36. The van der Waals surface area contributed by atoms with Crippen LogP contribution in [0.25, 0.3) is 5.57 Å². The van der Waals surface area contributed by atoms with Gasteiger partial charge >= 0.3 is 0 Å². The summed E-state index contributed by atoms with van der Waals surface area (Å²) in [7, 11) is 1.45. The first-order valence-corrected chi connectivity index (χ1v) is 18.8. The molecule has 5 aromatic carbocycles. The molecule has 8 heteroatoms. The molecule has 1 N–H and O–H groups in total. The van der Waals surface area contributed by atoms with E-state index in [4.69, 9.17) is 4.74 Å². The minimum atomic E-state index is -1.48. The summed E-state index contributed by atoms with van der Waals surface area (Å²) in [4.78, 5) is 73.8. The first-order chi connectivity index (χ1) is 27.2. The lowest BCUT2D eigenvalue weighted by molar-refractivity contribution is -0.135. The number of benzene rings is 5. The van der Waals surface area contributed by atoms with Gasteiger partial charge in [0.25, 0.3) is 0 Å². The molecule has 1 saturated carbocycles. The zero-order valence-corrected chi connectivity index (χ0v) is 30.5. The van der Waals surface area contributed by atoms with Gasteiger partial charge < -0.3 is 9.84 Å². The Morgan fingerprint density at radius 2 is 1.38 bits per heavy atom. The van der Waals surface area contributed by atoms with Crippen LogP contribution < -0.4 is 9.64 Å². The van der Waals surface area contributed by atoms with E-state index in [1.54, 1.807) is 78.9 Å². The van der Waals surface area contributed by atoms with Crippen LogP contribution in [0.5, 0.6) is 11.5 Å². The minimum absolute atomic E-state index is 0.134. The van der Waals surface area contributed by atoms with Gasteiger partial charge in [-0.05, 0) is 66.3 Å². The Morgan fingerprint density at radius 1 is 0.732 bits per heavy atom. The number of rotatable bonds is 7. The number of nitrogens with zero attached hydrogens (tertiary/aromatic N) is 1. The zero-order valence-electron chi connectivity index (χ0n) is 30.5. The van der Waals surface area contributed by atoms with Crippen LogP contribution in [0.3, 0.4) is 0 Å². The Labute approximate surface area is 323 Å². The molecule has 276 valence electrons. The van der Waals surface area contributed by atoms with Crippen molar-refractivity contribution in [3.63, 3.8) is 0 Å². The van der Waals surface area contributed by atoms with E-state index in [9.17, 15) is 19.5 Å². The number of fused-ring (bicyclic) bond motifs is 4. The van der Waals surface area contributed by atoms with E-state index < -0.39 is 40.9 Å². The summed E-state index contributed by atoms with van der Waals surface area (Å²) in [5, 5.41) is 11.9. The molecule has 9 rings (SSSR count). The highest BCUT2D eigenvalue weighted by molar-refractivity contribution is 6.32. The van der Waals surface area contributed by atoms with E-state index in [1.165, 1.54) is 18.1 Å². The van der Waals surface area contributed by atoms with E-state index in [2.05, 4.69) is 0 Å². The molecule has 0 radical (unpaired) electrons. The molecule has 0 bridgehead atoms. The number of amides is 2. The summed E-state index contributed by atoms with van der Waals surface area (Å²) >= 11 is 0. The maximum Gasteiger partial charge on any atom is 0.238 e. The smallest absolute Gasteiger partial charge is 0.238 e. The summed E-state index contributed by atoms with van der Waals surface area (Å²) in [6.45, 7) is 0. The number of para-hydroxylation sites is 1. The number of phenolic OH excluding ortho intramolecular Hbond substituents is 1. The Kier molecular flexibility index (Phi) is 8.49. The fourth-order valence-corrected chi connectivity index (χ4v) is 9.93. The monoisotopic (exact) mass is 739 g/mol. The van der Waals surface area contributed by atoms with Gasteiger partial charge in [0.2, 0.25) is 11.8 Å². The standard InChI is InChI=1S/C48H37NO7/c1-56-39-19-11-18-35(45(39)53)42-33-24-25-34-41(47(55)49(46(34)54)32-22-20-30(21-23-32)43(51)29-14-7-3-8-15-29)37(33)26-38-44(52)36(28-12-5-2-6-13-28)27-40(50)48(38,42)31-16-9-4-10-17-31/h2-24,27,34,37-38,41-42,53H,25-26H2,1H3. The number of methoxy groups -OCH3 is 1. The number of ether oxygens (including phenoxy) is 1. The van der Waals surface area contributed by atoms with Crippen LogP contribution >= 0.6 is 0 Å². The predicted molar refractivity (Wildman–Crippen MR) is 210 cm³/mol. The van der Waals surface area contributed by atoms with Crippen molar-refractivity contribution >= 4 is 40.4 Å². The van der Waals surface area contributed by atoms with Crippen molar-refractivity contribution in [2.45, 2.75) is 24.2 Å². The summed E-state index contributed by atoms with van der Waals surface area (Å²) in [5.41, 5.74) is 2.49. The molecule has 2 fully saturated rings. The van der Waals surface area contributed by atoms with Gasteiger partial charge in [-0.3, -0.25) is 28.9 Å². The van der Waals surface area contributed by atoms with Crippen LogP contribution in [0.2, 0.25) is 0 Å². The fourth-order valence-electron chi connectivity index (χ4n) is 9.93. The number of hydrogen-bond donors (Lipinski definition) is 1. The minimum Gasteiger partial charge on any atom is -0.504 e. The number of hydrogen-bond acceptors (Lipinski definition) is 7. The van der Waals surface area contributed by atoms with E-state index in [1.807, 2.05) is 60.7 Å². The molecule has 1 saturated heterocycles. The van der Waals surface area contributed by atoms with E-state index in [0.29, 0.717) is 39.1 Å². The van der Waals surface area contributed by atoms with Crippen LogP contribution in [0.15, 0.2) is 151 Å². The van der Waals surface area contributed by atoms with E-state index >= 15 is 9.59 Å². The lowest BCUT2D eigenvalue weighted by Crippen LogP contribution is -2.58. The highest BCUT2D eigenvalue weighted by atomic mass is 16.5. The Morgan fingerprint density at radius 3 is 2.05 bits per heavy atom. The molecule has 56 heavy (non-hydrogen) atoms. The average molecular weight is 740 g/mol. The molecule has 1 heterocycles. The molecular weight excluding hydrogens is 703 g/mol. The Bertz CT molecular complexity index is 2490. The van der Waals surface area contributed by atoms with Gasteiger partial charge in [-0.25, -0.2) is 0 Å². The van der Waals surface area contributed by atoms with E-state index in [0.717, 1.165) is 5.57 Å². The van der Waals surface area contributed by atoms with Crippen molar-refractivity contribution in [3.8, 4) is 11.5 Å². The predicted octanol–water partition coefficient (Wildman–Crippen LogP) is 7.66. The number of carbonyl (C=O) groups excluding carboxylic acids is 5. The van der Waals surface area contributed by atoms with Crippen molar-refractivity contribution in [3.05, 3.63) is 179 Å². The summed E-state index contributed by atoms with van der Waals surface area (Å²) < 4.78 is 5.56. The lowest BCUT2D eigenvalue weighted by Gasteiger charge is -2.55. The van der Waals surface area contributed by atoms with Gasteiger partial charge in [-0.2, -0.15) is 0 Å². The Hall–Kier alpha value is -6.67. The zero-order chi connectivity index (χ0) is 38.7. The summed E-state index contributed by atoms with van der Waals surface area (Å²) in [6, 6.07) is 38.8. The first-order valence-electron chi connectivity index (χ1n) is 18.8. The second-order valence-electron chi connectivity index (χ2n) is 14.9. The molecule has 6 unspecified atom stereocenters. The largest absolute Gasteiger partial charge is 0.504 e. The molecule has 0 aromatic heterocycles. The number of Topliss-reactive ketones (excluding diaryl/α,β-unsaturated/α-hetero) is 1. The third-order valence-corrected chi connectivity index (χ3v) is 12.4. The number of aromatic hydroxyl groups is 1. The molecule has 3 aliphatic carbocycles. The molecule has 1 aliphatic heterocycles. The number of ketones is 3. The van der Waals surface area contributed by atoms with Crippen molar-refractivity contribution in [2.24, 2.45) is 23.7 Å². The number of anilines is 1. The quantitative estimate of drug-likeness (QED) is 0.104. The third-order valence-electron chi connectivity index (χ3n) is 12.4. The van der Waals surface area contributed by atoms with Gasteiger partial charge in [-0.1, -0.05) is 115 Å². The fraction of sp³-hybridized carbons (Fsp3) is 0.188. The normalized spacial score (nSPS) is 25.4. The number of allylic oxidation sites excluding steroid dienone is 4. The van der Waals surface area contributed by atoms with Crippen LogP contribution in [0, 0.1) is 23.7 Å². The lowest BCUT2D eigenvalue weighted by atomic mass is 9.44. The molecule has 2 amide bonds. The Balaban J connectivity index is 1.19. The molecular formula is C48H37NO7. The average Bonchev–Trinajstić information content (AvgIpc) is 3.50. The first kappa shape index (κ1) is 35.1. The van der Waals surface area contributed by atoms with Crippen molar-refractivity contribution in [2.75, 3.05) is 12.0 Å². The van der Waals surface area contributed by atoms with Crippen LogP contribution in [-0.2, 0) is 24.6 Å². The van der Waals surface area contributed by atoms with Crippen molar-refractivity contribution in [1.82, 2.24) is 0 Å².